The van der Waals surface area contributed by atoms with Crippen molar-refractivity contribution >= 4 is 75.9 Å². The minimum absolute atomic E-state index is 0.0186. The van der Waals surface area contributed by atoms with Crippen LogP contribution in [0.5, 0.6) is 0 Å². The molecule has 0 aliphatic carbocycles. The van der Waals surface area contributed by atoms with Crippen LogP contribution in [0, 0.1) is 17.5 Å². The van der Waals surface area contributed by atoms with Crippen molar-refractivity contribution in [2.45, 2.75) is 105 Å². The molecule has 2 nitrogen and oxygen atoms in total. The van der Waals surface area contributed by atoms with Crippen molar-refractivity contribution in [3.05, 3.63) is 203 Å². The van der Waals surface area contributed by atoms with Crippen LogP contribution in [0.1, 0.15) is 105 Å². The lowest BCUT2D eigenvalue weighted by Crippen LogP contribution is -2.10. The fraction of sp³-hybridized carbons (Fsp3) is 0.229. The first-order valence-electron chi connectivity index (χ1n) is 26.3. The number of hydrogen-bond donors (Lipinski definition) is 0. The lowest BCUT2D eigenvalue weighted by Gasteiger charge is -2.19. The van der Waals surface area contributed by atoms with E-state index in [-0.39, 0.29) is 33.3 Å². The van der Waals surface area contributed by atoms with Crippen LogP contribution in [0.25, 0.3) is 110 Å². The van der Waals surface area contributed by atoms with Gasteiger partial charge in [-0.05, 0) is 174 Å². The third-order valence-electron chi connectivity index (χ3n) is 15.9. The minimum atomic E-state index is -0.392. The molecule has 2 heterocycles. The molecule has 10 aromatic carbocycles. The molecule has 0 fully saturated rings. The fourth-order valence-corrected chi connectivity index (χ4v) is 11.4. The van der Waals surface area contributed by atoms with Crippen LogP contribution >= 0.6 is 0 Å². The SMILES string of the molecule is CC(C)(C)c1ccc2c(c1)c1cc(C(C)(C)C)ccc1n2-c1cc(F)c2cc(-c3ccc4cc(-c5cc(F)c6cc(-n7c8ccc(C(C)(C)C)cc8c8cc(C(C)(C)C)ccc87)ccc6c5)ccc4c3F)ccc2c1. The van der Waals surface area contributed by atoms with Gasteiger partial charge >= 0.3 is 0 Å². The maximum Gasteiger partial charge on any atom is 0.138 e. The van der Waals surface area contributed by atoms with Crippen molar-refractivity contribution < 1.29 is 13.2 Å². The van der Waals surface area contributed by atoms with E-state index < -0.39 is 5.82 Å². The lowest BCUT2D eigenvalue weighted by molar-refractivity contribution is 0.590. The summed E-state index contributed by atoms with van der Waals surface area (Å²) in [6.45, 7) is 26.8. The van der Waals surface area contributed by atoms with Gasteiger partial charge in [-0.3, -0.25) is 0 Å². The molecule has 0 spiro atoms. The van der Waals surface area contributed by atoms with Crippen molar-refractivity contribution in [2.75, 3.05) is 0 Å². The summed E-state index contributed by atoms with van der Waals surface area (Å²) in [4.78, 5) is 0. The molecule has 0 saturated carbocycles. The van der Waals surface area contributed by atoms with Crippen molar-refractivity contribution in [2.24, 2.45) is 0 Å². The van der Waals surface area contributed by atoms with Crippen LogP contribution in [0.4, 0.5) is 13.2 Å². The van der Waals surface area contributed by atoms with Gasteiger partial charge in [0, 0.05) is 54.6 Å². The van der Waals surface area contributed by atoms with Gasteiger partial charge in [-0.2, -0.15) is 0 Å². The fourth-order valence-electron chi connectivity index (χ4n) is 11.4. The minimum Gasteiger partial charge on any atom is -0.309 e. The first-order chi connectivity index (χ1) is 35.4. The molecule has 0 radical (unpaired) electrons. The molecule has 5 heteroatoms. The van der Waals surface area contributed by atoms with E-state index in [2.05, 4.69) is 171 Å². The van der Waals surface area contributed by atoms with Crippen LogP contribution in [-0.4, -0.2) is 9.13 Å². The summed E-state index contributed by atoms with van der Waals surface area (Å²) in [6, 6.07) is 54.7. The van der Waals surface area contributed by atoms with Gasteiger partial charge in [0.1, 0.15) is 17.5 Å². The second-order valence-corrected chi connectivity index (χ2v) is 25.2. The van der Waals surface area contributed by atoms with Gasteiger partial charge in [0.2, 0.25) is 0 Å². The van der Waals surface area contributed by atoms with E-state index in [9.17, 15) is 0 Å². The Balaban J connectivity index is 0.879. The van der Waals surface area contributed by atoms with Crippen molar-refractivity contribution in [3.8, 4) is 33.6 Å². The third kappa shape index (κ3) is 8.09. The van der Waals surface area contributed by atoms with Gasteiger partial charge in [0.15, 0.2) is 0 Å². The Morgan fingerprint density at radius 2 is 0.680 bits per heavy atom. The van der Waals surface area contributed by atoms with E-state index in [1.54, 1.807) is 30.3 Å². The zero-order valence-corrected chi connectivity index (χ0v) is 45.1. The van der Waals surface area contributed by atoms with Crippen LogP contribution in [0.15, 0.2) is 164 Å². The molecule has 0 atom stereocenters. The number of hydrogen-bond acceptors (Lipinski definition) is 0. The highest BCUT2D eigenvalue weighted by Crippen LogP contribution is 2.42. The molecule has 0 bridgehead atoms. The Morgan fingerprint density at radius 1 is 0.280 bits per heavy atom. The van der Waals surface area contributed by atoms with E-state index in [4.69, 9.17) is 0 Å². The zero-order valence-electron chi connectivity index (χ0n) is 45.1. The second-order valence-electron chi connectivity index (χ2n) is 25.2. The molecule has 0 amide bonds. The van der Waals surface area contributed by atoms with E-state index in [0.717, 1.165) is 60.5 Å². The average Bonchev–Trinajstić information content (AvgIpc) is 3.89. The number of fused-ring (bicyclic) bond motifs is 9. The summed E-state index contributed by atoms with van der Waals surface area (Å²) in [5.74, 6) is -1.10. The highest BCUT2D eigenvalue weighted by molar-refractivity contribution is 6.11. The molecule has 0 unspecified atom stereocenters. The van der Waals surface area contributed by atoms with Gasteiger partial charge in [-0.15, -0.1) is 0 Å². The standard InChI is InChI=1S/C70H63F3N2/c1-67(2,3)46-18-25-62-56(34-46)57-35-47(68(4,5)6)19-26-63(57)74(62)50-22-15-42-30-45(33-60(71)55(42)38-50)40-16-23-52-41(29-40)17-24-53(66(52)73)44-14-13-43-31-51(39-61(72)54(43)32-44)75-64-27-20-48(69(7,8)9)36-58(64)59-37-49(70(10,11)12)21-28-65(59)75/h13-39H,1-12H3. The Kier molecular flexibility index (Phi) is 10.8. The number of halogens is 3. The summed E-state index contributed by atoms with van der Waals surface area (Å²) in [6.07, 6.45) is 0. The molecule has 0 saturated heterocycles. The average molecular weight is 989 g/mol. The summed E-state index contributed by atoms with van der Waals surface area (Å²) in [5, 5.41) is 8.20. The van der Waals surface area contributed by atoms with E-state index in [0.29, 0.717) is 38.2 Å². The Morgan fingerprint density at radius 3 is 1.19 bits per heavy atom. The predicted molar refractivity (Wildman–Crippen MR) is 313 cm³/mol. The van der Waals surface area contributed by atoms with Crippen LogP contribution in [0.2, 0.25) is 0 Å². The summed E-state index contributed by atoms with van der Waals surface area (Å²) in [7, 11) is 0. The maximum absolute atomic E-state index is 16.7. The highest BCUT2D eigenvalue weighted by atomic mass is 19.1. The van der Waals surface area contributed by atoms with E-state index >= 15 is 13.2 Å². The number of rotatable bonds is 4. The Hall–Kier alpha value is -7.63. The number of benzene rings is 10. The largest absolute Gasteiger partial charge is 0.309 e. The second kappa shape index (κ2) is 16.7. The van der Waals surface area contributed by atoms with Gasteiger partial charge in [-0.1, -0.05) is 150 Å². The smallest absolute Gasteiger partial charge is 0.138 e. The summed E-state index contributed by atoms with van der Waals surface area (Å²) in [5.41, 5.74) is 13.1. The summed E-state index contributed by atoms with van der Waals surface area (Å²) >= 11 is 0. The highest BCUT2D eigenvalue weighted by Gasteiger charge is 2.24. The van der Waals surface area contributed by atoms with Gasteiger partial charge in [-0.25, -0.2) is 13.2 Å². The molecular formula is C70H63F3N2. The monoisotopic (exact) mass is 988 g/mol. The van der Waals surface area contributed by atoms with Gasteiger partial charge < -0.3 is 9.13 Å². The Bertz CT molecular complexity index is 4220. The molecule has 2 aromatic heterocycles. The molecule has 75 heavy (non-hydrogen) atoms. The quantitative estimate of drug-likeness (QED) is 0.166. The first kappa shape index (κ1) is 48.3. The van der Waals surface area contributed by atoms with Crippen LogP contribution in [0.3, 0.4) is 0 Å². The van der Waals surface area contributed by atoms with Crippen LogP contribution < -0.4 is 0 Å². The van der Waals surface area contributed by atoms with Gasteiger partial charge in [0.25, 0.3) is 0 Å². The molecule has 12 aromatic rings. The molecule has 0 aliphatic heterocycles. The van der Waals surface area contributed by atoms with Crippen molar-refractivity contribution in [3.63, 3.8) is 0 Å². The van der Waals surface area contributed by atoms with E-state index in [1.807, 2.05) is 54.6 Å². The normalized spacial score (nSPS) is 13.0. The topological polar surface area (TPSA) is 9.86 Å². The Labute approximate surface area is 438 Å². The van der Waals surface area contributed by atoms with Crippen LogP contribution in [-0.2, 0) is 21.7 Å². The van der Waals surface area contributed by atoms with E-state index in [1.165, 1.54) is 33.0 Å². The maximum atomic E-state index is 16.7. The first-order valence-corrected chi connectivity index (χ1v) is 26.3. The molecule has 0 aliphatic rings. The number of nitrogens with zero attached hydrogens (tertiary/aromatic N) is 2. The zero-order chi connectivity index (χ0) is 52.8. The molecule has 0 N–H and O–H groups in total. The van der Waals surface area contributed by atoms with Crippen molar-refractivity contribution in [1.82, 2.24) is 9.13 Å². The number of aromatic nitrogens is 2. The summed E-state index contributed by atoms with van der Waals surface area (Å²) < 4.78 is 54.3. The third-order valence-corrected chi connectivity index (χ3v) is 15.9. The lowest BCUT2D eigenvalue weighted by atomic mass is 9.85. The molecule has 12 rings (SSSR count). The predicted octanol–water partition coefficient (Wildman–Crippen LogP) is 20.3. The molecule has 374 valence electrons. The van der Waals surface area contributed by atoms with Crippen molar-refractivity contribution in [1.29, 1.82) is 0 Å². The molecular weight excluding hydrogens is 926 g/mol. The van der Waals surface area contributed by atoms with Gasteiger partial charge in [0.05, 0.1) is 22.1 Å².